The summed E-state index contributed by atoms with van der Waals surface area (Å²) in [6.07, 6.45) is 7.82. The van der Waals surface area contributed by atoms with Gasteiger partial charge in [0, 0.05) is 37.0 Å². The average molecular weight is 357 g/mol. The Morgan fingerprint density at radius 3 is 2.59 bits per heavy atom. The van der Waals surface area contributed by atoms with Gasteiger partial charge in [0.05, 0.1) is 5.56 Å². The first-order valence-corrected chi connectivity index (χ1v) is 8.25. The van der Waals surface area contributed by atoms with E-state index in [-0.39, 0.29) is 5.91 Å². The van der Waals surface area contributed by atoms with Gasteiger partial charge < -0.3 is 10.6 Å². The van der Waals surface area contributed by atoms with E-state index in [1.54, 1.807) is 30.7 Å². The highest BCUT2D eigenvalue weighted by Crippen LogP contribution is 2.16. The van der Waals surface area contributed by atoms with Crippen molar-refractivity contribution < 1.29 is 4.79 Å². The van der Waals surface area contributed by atoms with Crippen LogP contribution in [-0.2, 0) is 6.54 Å². The number of anilines is 2. The number of carbonyl (C=O) groups is 1. The van der Waals surface area contributed by atoms with Crippen LogP contribution in [0.5, 0.6) is 0 Å². The third-order valence-corrected chi connectivity index (χ3v) is 3.87. The minimum Gasteiger partial charge on any atom is -0.364 e. The molecule has 8 heteroatoms. The molecule has 0 aliphatic carbocycles. The number of hydrogen-bond acceptors (Lipinski definition) is 7. The zero-order valence-electron chi connectivity index (χ0n) is 14.2. The van der Waals surface area contributed by atoms with Crippen LogP contribution in [0.25, 0.3) is 11.2 Å². The Morgan fingerprint density at radius 2 is 1.78 bits per heavy atom. The number of pyridine rings is 1. The number of benzene rings is 1. The van der Waals surface area contributed by atoms with Gasteiger partial charge in [-0.05, 0) is 29.8 Å². The summed E-state index contributed by atoms with van der Waals surface area (Å²) < 4.78 is 0. The highest BCUT2D eigenvalue weighted by Gasteiger charge is 2.07. The second kappa shape index (κ2) is 7.52. The molecule has 0 aliphatic heterocycles. The van der Waals surface area contributed by atoms with E-state index in [1.165, 1.54) is 12.5 Å². The molecular formula is C19H15N7O. The molecule has 0 aliphatic rings. The molecule has 1 amide bonds. The molecule has 3 heterocycles. The second-order valence-electron chi connectivity index (χ2n) is 5.70. The third kappa shape index (κ3) is 3.84. The molecule has 0 bridgehead atoms. The lowest BCUT2D eigenvalue weighted by Crippen LogP contribution is -2.12. The maximum absolute atomic E-state index is 12.1. The fourth-order valence-corrected chi connectivity index (χ4v) is 2.52. The van der Waals surface area contributed by atoms with Crippen molar-refractivity contribution in [2.75, 3.05) is 10.6 Å². The Morgan fingerprint density at radius 1 is 0.926 bits per heavy atom. The van der Waals surface area contributed by atoms with Crippen LogP contribution in [-0.4, -0.2) is 30.8 Å². The Kier molecular flexibility index (Phi) is 4.60. The summed E-state index contributed by atoms with van der Waals surface area (Å²) in [7, 11) is 0. The van der Waals surface area contributed by atoms with E-state index in [9.17, 15) is 4.79 Å². The maximum Gasteiger partial charge on any atom is 0.257 e. The van der Waals surface area contributed by atoms with Crippen LogP contribution in [0.3, 0.4) is 0 Å². The van der Waals surface area contributed by atoms with Crippen molar-refractivity contribution in [3.63, 3.8) is 0 Å². The lowest BCUT2D eigenvalue weighted by Gasteiger charge is -2.09. The number of nitrogens with zero attached hydrogens (tertiary/aromatic N) is 5. The van der Waals surface area contributed by atoms with E-state index in [1.807, 2.05) is 24.3 Å². The Balaban J connectivity index is 1.41. The number of aromatic nitrogens is 5. The van der Waals surface area contributed by atoms with E-state index in [0.717, 1.165) is 5.56 Å². The first-order valence-electron chi connectivity index (χ1n) is 8.25. The molecule has 0 atom stereocenters. The van der Waals surface area contributed by atoms with Crippen molar-refractivity contribution >= 4 is 28.6 Å². The highest BCUT2D eigenvalue weighted by atomic mass is 16.1. The Hall–Kier alpha value is -3.94. The average Bonchev–Trinajstić information content (AvgIpc) is 2.74. The summed E-state index contributed by atoms with van der Waals surface area (Å²) in [5, 5.41) is 6.09. The van der Waals surface area contributed by atoms with Gasteiger partial charge in [-0.25, -0.2) is 19.9 Å². The van der Waals surface area contributed by atoms with E-state index < -0.39 is 0 Å². The molecule has 1 aromatic carbocycles. The second-order valence-corrected chi connectivity index (χ2v) is 5.70. The van der Waals surface area contributed by atoms with Gasteiger partial charge in [0.1, 0.15) is 11.8 Å². The van der Waals surface area contributed by atoms with E-state index in [0.29, 0.717) is 34.8 Å². The fourth-order valence-electron chi connectivity index (χ4n) is 2.52. The summed E-state index contributed by atoms with van der Waals surface area (Å²) in [5.41, 5.74) is 3.43. The van der Waals surface area contributed by atoms with Crippen LogP contribution in [0.15, 0.2) is 67.5 Å². The topological polar surface area (TPSA) is 106 Å². The van der Waals surface area contributed by atoms with Crippen LogP contribution >= 0.6 is 0 Å². The van der Waals surface area contributed by atoms with Gasteiger partial charge in [-0.15, -0.1) is 0 Å². The van der Waals surface area contributed by atoms with Gasteiger partial charge in [0.2, 0.25) is 0 Å². The van der Waals surface area contributed by atoms with Crippen molar-refractivity contribution in [2.45, 2.75) is 6.54 Å². The summed E-state index contributed by atoms with van der Waals surface area (Å²) in [6.45, 7) is 0.555. The van der Waals surface area contributed by atoms with Crippen molar-refractivity contribution in [1.82, 2.24) is 24.9 Å². The Labute approximate surface area is 154 Å². The van der Waals surface area contributed by atoms with E-state index in [2.05, 4.69) is 35.6 Å². The predicted molar refractivity (Wildman–Crippen MR) is 101 cm³/mol. The molecule has 27 heavy (non-hydrogen) atoms. The standard InChI is InChI=1S/C19H15N7O/c27-19(14-2-1-7-20-11-14)26-15-5-3-13(4-6-15)10-23-18-16-17(24-12-25-18)22-9-8-21-16/h1-9,11-12H,10H2,(H,26,27)(H,22,23,24,25). The first kappa shape index (κ1) is 16.5. The molecule has 0 radical (unpaired) electrons. The van der Waals surface area contributed by atoms with Crippen molar-refractivity contribution in [3.05, 3.63) is 78.6 Å². The molecular weight excluding hydrogens is 342 g/mol. The SMILES string of the molecule is O=C(Nc1ccc(CNc2ncnc3nccnc23)cc1)c1cccnc1. The number of carbonyl (C=O) groups excluding carboxylic acids is 1. The van der Waals surface area contributed by atoms with Gasteiger partial charge in [-0.2, -0.15) is 0 Å². The molecule has 3 aromatic heterocycles. The number of hydrogen-bond donors (Lipinski definition) is 2. The number of fused-ring (bicyclic) bond motifs is 1. The monoisotopic (exact) mass is 357 g/mol. The molecule has 0 spiro atoms. The lowest BCUT2D eigenvalue weighted by molar-refractivity contribution is 0.102. The molecule has 0 saturated heterocycles. The van der Waals surface area contributed by atoms with Crippen molar-refractivity contribution in [2.24, 2.45) is 0 Å². The summed E-state index contributed by atoms with van der Waals surface area (Å²) in [6, 6.07) is 11.0. The molecule has 0 unspecified atom stereocenters. The quantitative estimate of drug-likeness (QED) is 0.565. The molecule has 132 valence electrons. The highest BCUT2D eigenvalue weighted by molar-refractivity contribution is 6.04. The van der Waals surface area contributed by atoms with Crippen LogP contribution in [0.2, 0.25) is 0 Å². The van der Waals surface area contributed by atoms with E-state index in [4.69, 9.17) is 0 Å². The minimum atomic E-state index is -0.194. The summed E-state index contributed by atoms with van der Waals surface area (Å²) in [4.78, 5) is 32.8. The van der Waals surface area contributed by atoms with Gasteiger partial charge >= 0.3 is 0 Å². The first-order chi connectivity index (χ1) is 13.3. The smallest absolute Gasteiger partial charge is 0.257 e. The maximum atomic E-state index is 12.1. The molecule has 2 N–H and O–H groups in total. The third-order valence-electron chi connectivity index (χ3n) is 3.87. The van der Waals surface area contributed by atoms with Gasteiger partial charge in [-0.3, -0.25) is 9.78 Å². The van der Waals surface area contributed by atoms with Crippen LogP contribution in [0.1, 0.15) is 15.9 Å². The van der Waals surface area contributed by atoms with E-state index >= 15 is 0 Å². The molecule has 0 fully saturated rings. The van der Waals surface area contributed by atoms with Gasteiger partial charge in [0.15, 0.2) is 11.5 Å². The molecule has 8 nitrogen and oxygen atoms in total. The lowest BCUT2D eigenvalue weighted by atomic mass is 10.2. The number of amides is 1. The Bertz CT molecular complexity index is 1060. The van der Waals surface area contributed by atoms with Crippen LogP contribution in [0.4, 0.5) is 11.5 Å². The minimum absolute atomic E-state index is 0.194. The zero-order valence-corrected chi connectivity index (χ0v) is 14.2. The molecule has 0 saturated carbocycles. The van der Waals surface area contributed by atoms with Crippen molar-refractivity contribution in [1.29, 1.82) is 0 Å². The molecule has 4 rings (SSSR count). The summed E-state index contributed by atoms with van der Waals surface area (Å²) in [5.74, 6) is 0.432. The molecule has 4 aromatic rings. The van der Waals surface area contributed by atoms with Gasteiger partial charge in [-0.1, -0.05) is 12.1 Å². The predicted octanol–water partition coefficient (Wildman–Crippen LogP) is 2.68. The van der Waals surface area contributed by atoms with Crippen molar-refractivity contribution in [3.8, 4) is 0 Å². The zero-order chi connectivity index (χ0) is 18.5. The van der Waals surface area contributed by atoms with Gasteiger partial charge in [0.25, 0.3) is 5.91 Å². The van der Waals surface area contributed by atoms with Crippen LogP contribution < -0.4 is 10.6 Å². The fraction of sp³-hybridized carbons (Fsp3) is 0.0526. The number of nitrogens with one attached hydrogen (secondary N) is 2. The summed E-state index contributed by atoms with van der Waals surface area (Å²) >= 11 is 0. The number of rotatable bonds is 5. The van der Waals surface area contributed by atoms with Crippen LogP contribution in [0, 0.1) is 0 Å². The largest absolute Gasteiger partial charge is 0.364 e. The normalized spacial score (nSPS) is 10.5.